The second-order valence-corrected chi connectivity index (χ2v) is 5.55. The van der Waals surface area contributed by atoms with Crippen LogP contribution in [-0.4, -0.2) is 47.2 Å². The molecule has 1 fully saturated rings. The number of amides is 1. The maximum atomic E-state index is 12.3. The van der Waals surface area contributed by atoms with Crippen molar-refractivity contribution in [2.24, 2.45) is 0 Å². The van der Waals surface area contributed by atoms with Crippen molar-refractivity contribution in [3.05, 3.63) is 47.3 Å². The molecule has 0 saturated carbocycles. The quantitative estimate of drug-likeness (QED) is 0.917. The number of hydrogen-bond donors (Lipinski definition) is 1. The van der Waals surface area contributed by atoms with E-state index < -0.39 is 0 Å². The highest BCUT2D eigenvalue weighted by molar-refractivity contribution is 5.92. The molecule has 0 bridgehead atoms. The summed E-state index contributed by atoms with van der Waals surface area (Å²) in [5.74, 6) is 0.0169. The summed E-state index contributed by atoms with van der Waals surface area (Å²) in [6, 6.07) is 10.3. The Bertz CT molecular complexity index is 641. The maximum absolute atomic E-state index is 12.3. The van der Waals surface area contributed by atoms with Crippen LogP contribution < -0.4 is 4.90 Å². The number of benzene rings is 1. The van der Waals surface area contributed by atoms with Gasteiger partial charge in [-0.25, -0.2) is 0 Å². The van der Waals surface area contributed by atoms with Crippen molar-refractivity contribution >= 4 is 11.6 Å². The van der Waals surface area contributed by atoms with Crippen LogP contribution in [0.1, 0.15) is 21.7 Å². The van der Waals surface area contributed by atoms with Crippen LogP contribution in [0.15, 0.2) is 30.3 Å². The van der Waals surface area contributed by atoms with E-state index in [4.69, 9.17) is 0 Å². The molecule has 0 atom stereocenters. The number of carbonyl (C=O) groups excluding carboxylic acids is 1. The molecule has 21 heavy (non-hydrogen) atoms. The zero-order chi connectivity index (χ0) is 14.8. The molecule has 1 aromatic heterocycles. The summed E-state index contributed by atoms with van der Waals surface area (Å²) in [5, 5.41) is 6.87. The van der Waals surface area contributed by atoms with Crippen molar-refractivity contribution in [1.29, 1.82) is 0 Å². The minimum atomic E-state index is 0.0169. The Morgan fingerprint density at radius 3 is 2.52 bits per heavy atom. The van der Waals surface area contributed by atoms with Crippen LogP contribution in [0.25, 0.3) is 0 Å². The number of hydrogen-bond acceptors (Lipinski definition) is 3. The topological polar surface area (TPSA) is 52.2 Å². The highest BCUT2D eigenvalue weighted by Crippen LogP contribution is 2.18. The van der Waals surface area contributed by atoms with Gasteiger partial charge in [0.15, 0.2) is 0 Å². The number of aromatic nitrogens is 2. The molecule has 1 amide bonds. The molecule has 0 spiro atoms. The van der Waals surface area contributed by atoms with Gasteiger partial charge in [-0.05, 0) is 37.6 Å². The van der Waals surface area contributed by atoms with Crippen molar-refractivity contribution in [2.45, 2.75) is 13.8 Å². The van der Waals surface area contributed by atoms with E-state index in [0.717, 1.165) is 31.9 Å². The van der Waals surface area contributed by atoms with Crippen molar-refractivity contribution in [3.8, 4) is 0 Å². The van der Waals surface area contributed by atoms with E-state index in [9.17, 15) is 4.79 Å². The predicted molar refractivity (Wildman–Crippen MR) is 82.6 cm³/mol. The van der Waals surface area contributed by atoms with Crippen LogP contribution in [0.3, 0.4) is 0 Å². The molecule has 1 aliphatic rings. The van der Waals surface area contributed by atoms with Gasteiger partial charge in [-0.2, -0.15) is 5.10 Å². The van der Waals surface area contributed by atoms with Crippen LogP contribution in [-0.2, 0) is 0 Å². The van der Waals surface area contributed by atoms with Gasteiger partial charge >= 0.3 is 0 Å². The largest absolute Gasteiger partial charge is 0.368 e. The number of carbonyl (C=O) groups is 1. The molecule has 5 nitrogen and oxygen atoms in total. The lowest BCUT2D eigenvalue weighted by molar-refractivity contribution is 0.0741. The first-order chi connectivity index (χ1) is 10.1. The van der Waals surface area contributed by atoms with Gasteiger partial charge in [0.1, 0.15) is 5.69 Å². The molecule has 1 N–H and O–H groups in total. The molecule has 110 valence electrons. The van der Waals surface area contributed by atoms with Gasteiger partial charge in [0, 0.05) is 37.6 Å². The summed E-state index contributed by atoms with van der Waals surface area (Å²) in [6.45, 7) is 7.19. The Labute approximate surface area is 124 Å². The molecular weight excluding hydrogens is 264 g/mol. The average Bonchev–Trinajstić information content (AvgIpc) is 2.93. The van der Waals surface area contributed by atoms with Crippen LogP contribution in [0.4, 0.5) is 5.69 Å². The first-order valence-corrected chi connectivity index (χ1v) is 7.26. The van der Waals surface area contributed by atoms with Gasteiger partial charge in [-0.3, -0.25) is 9.89 Å². The highest BCUT2D eigenvalue weighted by atomic mass is 16.2. The number of nitrogens with zero attached hydrogens (tertiary/aromatic N) is 3. The molecule has 1 aromatic carbocycles. The molecule has 1 saturated heterocycles. The second kappa shape index (κ2) is 5.60. The van der Waals surface area contributed by atoms with Crippen LogP contribution in [0.5, 0.6) is 0 Å². The van der Waals surface area contributed by atoms with Crippen molar-refractivity contribution in [2.75, 3.05) is 31.1 Å². The number of aromatic amines is 1. The zero-order valence-corrected chi connectivity index (χ0v) is 12.5. The van der Waals surface area contributed by atoms with Crippen molar-refractivity contribution in [1.82, 2.24) is 15.1 Å². The Hall–Kier alpha value is -2.30. The minimum absolute atomic E-state index is 0.0169. The van der Waals surface area contributed by atoms with Gasteiger partial charge in [-0.1, -0.05) is 12.1 Å². The third-order valence-electron chi connectivity index (χ3n) is 3.86. The summed E-state index contributed by atoms with van der Waals surface area (Å²) in [5.41, 5.74) is 3.92. The Morgan fingerprint density at radius 2 is 1.90 bits per heavy atom. The molecule has 0 unspecified atom stereocenters. The van der Waals surface area contributed by atoms with E-state index in [1.54, 1.807) is 6.07 Å². The van der Waals surface area contributed by atoms with Gasteiger partial charge in [0.25, 0.3) is 5.91 Å². The fraction of sp³-hybridized carbons (Fsp3) is 0.375. The van der Waals surface area contributed by atoms with E-state index in [1.807, 2.05) is 11.8 Å². The number of nitrogens with one attached hydrogen (secondary N) is 1. The SMILES string of the molecule is Cc1cccc(N2CCN(C(=O)c3cc(C)[nH]n3)CC2)c1. The standard InChI is InChI=1S/C16H20N4O/c1-12-4-3-5-14(10-12)19-6-8-20(9-7-19)16(21)15-11-13(2)17-18-15/h3-5,10-11H,6-9H2,1-2H3,(H,17,18). The lowest BCUT2D eigenvalue weighted by Gasteiger charge is -2.36. The molecule has 5 heteroatoms. The van der Waals surface area contributed by atoms with E-state index >= 15 is 0 Å². The number of H-pyrrole nitrogens is 1. The third-order valence-corrected chi connectivity index (χ3v) is 3.86. The highest BCUT2D eigenvalue weighted by Gasteiger charge is 2.23. The summed E-state index contributed by atoms with van der Waals surface area (Å²) >= 11 is 0. The fourth-order valence-corrected chi connectivity index (χ4v) is 2.68. The summed E-state index contributed by atoms with van der Waals surface area (Å²) in [7, 11) is 0. The maximum Gasteiger partial charge on any atom is 0.274 e. The predicted octanol–water partition coefficient (Wildman–Crippen LogP) is 1.99. The number of piperazine rings is 1. The van der Waals surface area contributed by atoms with Crippen LogP contribution in [0, 0.1) is 13.8 Å². The Kier molecular flexibility index (Phi) is 3.64. The molecular formula is C16H20N4O. The first-order valence-electron chi connectivity index (χ1n) is 7.26. The summed E-state index contributed by atoms with van der Waals surface area (Å²) in [6.07, 6.45) is 0. The third kappa shape index (κ3) is 2.91. The van der Waals surface area contributed by atoms with E-state index in [-0.39, 0.29) is 5.91 Å². The van der Waals surface area contributed by atoms with Crippen molar-refractivity contribution in [3.63, 3.8) is 0 Å². The van der Waals surface area contributed by atoms with Crippen molar-refractivity contribution < 1.29 is 4.79 Å². The number of rotatable bonds is 2. The first kappa shape index (κ1) is 13.7. The molecule has 1 aliphatic heterocycles. The smallest absolute Gasteiger partial charge is 0.274 e. The average molecular weight is 284 g/mol. The molecule has 2 aromatic rings. The zero-order valence-electron chi connectivity index (χ0n) is 12.5. The summed E-state index contributed by atoms with van der Waals surface area (Å²) in [4.78, 5) is 16.5. The lowest BCUT2D eigenvalue weighted by atomic mass is 10.2. The monoisotopic (exact) mass is 284 g/mol. The van der Waals surface area contributed by atoms with E-state index in [2.05, 4.69) is 46.3 Å². The van der Waals surface area contributed by atoms with Crippen LogP contribution in [0.2, 0.25) is 0 Å². The van der Waals surface area contributed by atoms with E-state index in [0.29, 0.717) is 5.69 Å². The molecule has 3 rings (SSSR count). The Balaban J connectivity index is 1.64. The Morgan fingerprint density at radius 1 is 1.14 bits per heavy atom. The minimum Gasteiger partial charge on any atom is -0.368 e. The van der Waals surface area contributed by atoms with Gasteiger partial charge in [0.2, 0.25) is 0 Å². The lowest BCUT2D eigenvalue weighted by Crippen LogP contribution is -2.48. The fourth-order valence-electron chi connectivity index (χ4n) is 2.68. The van der Waals surface area contributed by atoms with Crippen LogP contribution >= 0.6 is 0 Å². The van der Waals surface area contributed by atoms with Gasteiger partial charge in [0.05, 0.1) is 0 Å². The van der Waals surface area contributed by atoms with Gasteiger partial charge in [-0.15, -0.1) is 0 Å². The number of aryl methyl sites for hydroxylation is 2. The molecule has 0 aliphatic carbocycles. The normalized spacial score (nSPS) is 15.3. The van der Waals surface area contributed by atoms with Gasteiger partial charge < -0.3 is 9.80 Å². The second-order valence-electron chi connectivity index (χ2n) is 5.55. The van der Waals surface area contributed by atoms with E-state index in [1.165, 1.54) is 11.3 Å². The number of anilines is 1. The summed E-state index contributed by atoms with van der Waals surface area (Å²) < 4.78 is 0. The molecule has 2 heterocycles. The molecule has 0 radical (unpaired) electrons.